The minimum absolute atomic E-state index is 0.210. The van der Waals surface area contributed by atoms with Gasteiger partial charge in [-0.05, 0) is 42.5 Å². The van der Waals surface area contributed by atoms with Gasteiger partial charge in [0.15, 0.2) is 0 Å². The summed E-state index contributed by atoms with van der Waals surface area (Å²) in [4.78, 5) is 26.3. The fourth-order valence-electron chi connectivity index (χ4n) is 2.84. The highest BCUT2D eigenvalue weighted by Crippen LogP contribution is 2.45. The summed E-state index contributed by atoms with van der Waals surface area (Å²) in [5.74, 6) is 0.0768. The van der Waals surface area contributed by atoms with Crippen LogP contribution in [0.1, 0.15) is 45.0 Å². The van der Waals surface area contributed by atoms with Gasteiger partial charge in [-0.3, -0.25) is 9.59 Å². The molecule has 1 aliphatic heterocycles. The lowest BCUT2D eigenvalue weighted by Crippen LogP contribution is -2.30. The fourth-order valence-corrected chi connectivity index (χ4v) is 2.84. The summed E-state index contributed by atoms with van der Waals surface area (Å²) < 4.78 is 0. The zero-order valence-corrected chi connectivity index (χ0v) is 10.9. The molecule has 0 unspecified atom stereocenters. The maximum Gasteiger partial charge on any atom is 0.266 e. The molecule has 0 N–H and O–H groups in total. The van der Waals surface area contributed by atoms with Crippen molar-refractivity contribution in [3.05, 3.63) is 65.2 Å². The molecule has 1 saturated carbocycles. The van der Waals surface area contributed by atoms with E-state index in [0.29, 0.717) is 17.0 Å². The monoisotopic (exact) mass is 263 g/mol. The fraction of sp³-hybridized carbons (Fsp3) is 0.176. The molecule has 1 heterocycles. The third kappa shape index (κ3) is 1.53. The van der Waals surface area contributed by atoms with Crippen molar-refractivity contribution < 1.29 is 9.59 Å². The van der Waals surface area contributed by atoms with Crippen LogP contribution in [0.4, 0.5) is 5.69 Å². The van der Waals surface area contributed by atoms with Crippen LogP contribution < -0.4 is 4.90 Å². The molecule has 0 atom stereocenters. The highest BCUT2D eigenvalue weighted by atomic mass is 16.2. The van der Waals surface area contributed by atoms with Gasteiger partial charge in [0.05, 0.1) is 16.8 Å². The SMILES string of the molecule is O=C1c2ccccc2C(=O)N1c1ccccc1C1CC1. The Labute approximate surface area is 116 Å². The number of benzene rings is 2. The summed E-state index contributed by atoms with van der Waals surface area (Å²) in [5.41, 5.74) is 2.87. The van der Waals surface area contributed by atoms with E-state index in [4.69, 9.17) is 0 Å². The Morgan fingerprint density at radius 2 is 1.35 bits per heavy atom. The van der Waals surface area contributed by atoms with Crippen molar-refractivity contribution in [3.8, 4) is 0 Å². The quantitative estimate of drug-likeness (QED) is 0.779. The standard InChI is InChI=1S/C17H13NO2/c19-16-13-6-1-2-7-14(13)17(20)18(16)15-8-4-3-5-12(15)11-9-10-11/h1-8,11H,9-10H2. The van der Waals surface area contributed by atoms with Gasteiger partial charge in [0.2, 0.25) is 0 Å². The van der Waals surface area contributed by atoms with Crippen LogP contribution in [-0.2, 0) is 0 Å². The number of hydrogen-bond donors (Lipinski definition) is 0. The minimum atomic E-state index is -0.210. The molecule has 2 amide bonds. The van der Waals surface area contributed by atoms with E-state index >= 15 is 0 Å². The smallest absolute Gasteiger partial charge is 0.266 e. The number of nitrogens with zero attached hydrogens (tertiary/aromatic N) is 1. The lowest BCUT2D eigenvalue weighted by Gasteiger charge is -2.17. The first kappa shape index (κ1) is 11.4. The molecule has 2 aliphatic rings. The Hall–Kier alpha value is -2.42. The van der Waals surface area contributed by atoms with Crippen molar-refractivity contribution in [1.29, 1.82) is 0 Å². The van der Waals surface area contributed by atoms with Crippen LogP contribution in [0.5, 0.6) is 0 Å². The van der Waals surface area contributed by atoms with Crippen LogP contribution in [0.25, 0.3) is 0 Å². The molecule has 2 aromatic rings. The van der Waals surface area contributed by atoms with E-state index in [2.05, 4.69) is 0 Å². The molecule has 0 saturated heterocycles. The molecule has 1 aliphatic carbocycles. The second kappa shape index (κ2) is 4.04. The van der Waals surface area contributed by atoms with Gasteiger partial charge in [-0.25, -0.2) is 4.90 Å². The van der Waals surface area contributed by atoms with Crippen molar-refractivity contribution in [2.75, 3.05) is 4.90 Å². The van der Waals surface area contributed by atoms with Crippen molar-refractivity contribution in [1.82, 2.24) is 0 Å². The molecular weight excluding hydrogens is 250 g/mol. The number of amides is 2. The topological polar surface area (TPSA) is 37.4 Å². The maximum atomic E-state index is 12.5. The molecule has 4 rings (SSSR count). The van der Waals surface area contributed by atoms with E-state index in [1.54, 1.807) is 24.3 Å². The van der Waals surface area contributed by atoms with E-state index in [1.807, 2.05) is 24.3 Å². The zero-order chi connectivity index (χ0) is 13.7. The second-order valence-corrected chi connectivity index (χ2v) is 5.32. The summed E-state index contributed by atoms with van der Waals surface area (Å²) in [6.45, 7) is 0. The molecule has 0 aromatic heterocycles. The number of carbonyl (C=O) groups is 2. The normalized spacial score (nSPS) is 17.5. The molecule has 0 bridgehead atoms. The van der Waals surface area contributed by atoms with E-state index in [0.717, 1.165) is 24.1 Å². The van der Waals surface area contributed by atoms with Gasteiger partial charge in [0.1, 0.15) is 0 Å². The van der Waals surface area contributed by atoms with Crippen LogP contribution in [0.2, 0.25) is 0 Å². The Morgan fingerprint density at radius 3 is 1.95 bits per heavy atom. The van der Waals surface area contributed by atoms with Crippen LogP contribution in [-0.4, -0.2) is 11.8 Å². The first-order valence-electron chi connectivity index (χ1n) is 6.84. The molecule has 20 heavy (non-hydrogen) atoms. The average Bonchev–Trinajstić information content (AvgIpc) is 3.29. The van der Waals surface area contributed by atoms with Crippen LogP contribution in [0, 0.1) is 0 Å². The van der Waals surface area contributed by atoms with Gasteiger partial charge in [-0.15, -0.1) is 0 Å². The number of rotatable bonds is 2. The lowest BCUT2D eigenvalue weighted by molar-refractivity contribution is 0.0926. The van der Waals surface area contributed by atoms with E-state index in [1.165, 1.54) is 4.90 Å². The third-order valence-electron chi connectivity index (χ3n) is 3.99. The van der Waals surface area contributed by atoms with Gasteiger partial charge >= 0.3 is 0 Å². The number of hydrogen-bond acceptors (Lipinski definition) is 2. The predicted octanol–water partition coefficient (Wildman–Crippen LogP) is 3.36. The summed E-state index contributed by atoms with van der Waals surface area (Å²) >= 11 is 0. The molecule has 3 nitrogen and oxygen atoms in total. The Kier molecular flexibility index (Phi) is 2.30. The Balaban J connectivity index is 1.85. The number of anilines is 1. The van der Waals surface area contributed by atoms with Gasteiger partial charge in [-0.2, -0.15) is 0 Å². The molecule has 98 valence electrons. The largest absolute Gasteiger partial charge is 0.268 e. The first-order valence-corrected chi connectivity index (χ1v) is 6.84. The molecule has 0 spiro atoms. The van der Waals surface area contributed by atoms with Crippen LogP contribution >= 0.6 is 0 Å². The van der Waals surface area contributed by atoms with E-state index in [-0.39, 0.29) is 11.8 Å². The van der Waals surface area contributed by atoms with Crippen molar-refractivity contribution in [2.45, 2.75) is 18.8 Å². The average molecular weight is 263 g/mol. The first-order chi connectivity index (χ1) is 9.77. The summed E-state index contributed by atoms with van der Waals surface area (Å²) in [7, 11) is 0. The van der Waals surface area contributed by atoms with E-state index in [9.17, 15) is 9.59 Å². The van der Waals surface area contributed by atoms with E-state index < -0.39 is 0 Å². The number of para-hydroxylation sites is 1. The summed E-state index contributed by atoms with van der Waals surface area (Å²) in [6, 6.07) is 14.8. The van der Waals surface area contributed by atoms with Gasteiger partial charge in [0, 0.05) is 0 Å². The summed E-state index contributed by atoms with van der Waals surface area (Å²) in [5, 5.41) is 0. The van der Waals surface area contributed by atoms with Gasteiger partial charge in [-0.1, -0.05) is 30.3 Å². The molecule has 0 radical (unpaired) electrons. The van der Waals surface area contributed by atoms with Gasteiger partial charge in [0.25, 0.3) is 11.8 Å². The number of imide groups is 1. The molecule has 3 heteroatoms. The minimum Gasteiger partial charge on any atom is -0.268 e. The highest BCUT2D eigenvalue weighted by molar-refractivity contribution is 6.34. The second-order valence-electron chi connectivity index (χ2n) is 5.32. The van der Waals surface area contributed by atoms with Crippen LogP contribution in [0.3, 0.4) is 0 Å². The lowest BCUT2D eigenvalue weighted by atomic mass is 10.1. The van der Waals surface area contributed by atoms with Crippen molar-refractivity contribution in [3.63, 3.8) is 0 Å². The van der Waals surface area contributed by atoms with Crippen LogP contribution in [0.15, 0.2) is 48.5 Å². The molecular formula is C17H13NO2. The van der Waals surface area contributed by atoms with Crippen molar-refractivity contribution >= 4 is 17.5 Å². The highest BCUT2D eigenvalue weighted by Gasteiger charge is 2.39. The third-order valence-corrected chi connectivity index (χ3v) is 3.99. The number of fused-ring (bicyclic) bond motifs is 1. The van der Waals surface area contributed by atoms with Crippen molar-refractivity contribution in [2.24, 2.45) is 0 Å². The predicted molar refractivity (Wildman–Crippen MR) is 76.0 cm³/mol. The molecule has 1 fully saturated rings. The zero-order valence-electron chi connectivity index (χ0n) is 10.9. The number of carbonyl (C=O) groups excluding carboxylic acids is 2. The Morgan fingerprint density at radius 1 is 0.800 bits per heavy atom. The van der Waals surface area contributed by atoms with Gasteiger partial charge < -0.3 is 0 Å². The maximum absolute atomic E-state index is 12.5. The Bertz CT molecular complexity index is 696. The molecule has 2 aromatic carbocycles. The summed E-state index contributed by atoms with van der Waals surface area (Å²) in [6.07, 6.45) is 2.28.